The van der Waals surface area contributed by atoms with E-state index in [0.717, 1.165) is 0 Å². The molecule has 0 radical (unpaired) electrons. The van der Waals surface area contributed by atoms with Crippen molar-refractivity contribution in [1.29, 1.82) is 0 Å². The Balaban J connectivity index is 2.18. The van der Waals surface area contributed by atoms with Crippen LogP contribution in [0, 0.1) is 0 Å². The summed E-state index contributed by atoms with van der Waals surface area (Å²) in [6, 6.07) is -0.786. The average molecular weight is 224 g/mol. The molecule has 0 aromatic carbocycles. The largest absolute Gasteiger partial charge is 0.390 e. The van der Waals surface area contributed by atoms with Crippen LogP contribution in [0.5, 0.6) is 0 Å². The molecule has 7 heteroatoms. The Morgan fingerprint density at radius 2 is 2.33 bits per heavy atom. The highest BCUT2D eigenvalue weighted by Crippen LogP contribution is 2.09. The zero-order valence-electron chi connectivity index (χ0n) is 8.13. The second-order valence-corrected chi connectivity index (χ2v) is 3.40. The number of aliphatic hydroxyl groups is 1. The van der Waals surface area contributed by atoms with Gasteiger partial charge < -0.3 is 20.5 Å². The Morgan fingerprint density at radius 3 is 2.87 bits per heavy atom. The predicted octanol–water partition coefficient (Wildman–Crippen LogP) is -0.298. The molecule has 5 nitrogen and oxygen atoms in total. The molecular weight excluding hydrogens is 210 g/mol. The number of urea groups is 1. The maximum Gasteiger partial charge on any atom is 0.315 e. The Hall–Kier alpha value is -0.950. The molecule has 0 aromatic rings. The fourth-order valence-electron chi connectivity index (χ4n) is 1.15. The summed E-state index contributed by atoms with van der Waals surface area (Å²) in [7, 11) is 0. The first-order valence-electron chi connectivity index (χ1n) is 4.64. The number of ether oxygens (including phenoxy) is 1. The minimum absolute atomic E-state index is 0.118. The molecule has 15 heavy (non-hydrogen) atoms. The van der Waals surface area contributed by atoms with Gasteiger partial charge in [-0.15, -0.1) is 0 Å². The van der Waals surface area contributed by atoms with Gasteiger partial charge in [0.15, 0.2) is 0 Å². The molecule has 1 unspecified atom stereocenters. The highest BCUT2D eigenvalue weighted by atomic mass is 19.3. The van der Waals surface area contributed by atoms with Crippen LogP contribution in [0.4, 0.5) is 13.6 Å². The van der Waals surface area contributed by atoms with E-state index >= 15 is 0 Å². The van der Waals surface area contributed by atoms with E-state index in [1.54, 1.807) is 0 Å². The number of hydrogen-bond acceptors (Lipinski definition) is 3. The van der Waals surface area contributed by atoms with Crippen molar-refractivity contribution in [3.8, 4) is 0 Å². The van der Waals surface area contributed by atoms with Gasteiger partial charge in [-0.2, -0.15) is 0 Å². The molecule has 1 rings (SSSR count). The van der Waals surface area contributed by atoms with Crippen molar-refractivity contribution < 1.29 is 23.4 Å². The summed E-state index contributed by atoms with van der Waals surface area (Å²) in [6.45, 7) is -1.18. The third-order valence-corrected chi connectivity index (χ3v) is 2.00. The van der Waals surface area contributed by atoms with Gasteiger partial charge in [0.25, 0.3) is 5.92 Å². The monoisotopic (exact) mass is 224 g/mol. The highest BCUT2D eigenvalue weighted by Gasteiger charge is 2.28. The van der Waals surface area contributed by atoms with Crippen molar-refractivity contribution in [3.05, 3.63) is 0 Å². The van der Waals surface area contributed by atoms with E-state index in [1.807, 2.05) is 5.32 Å². The van der Waals surface area contributed by atoms with E-state index in [0.29, 0.717) is 19.6 Å². The quantitative estimate of drug-likeness (QED) is 0.614. The molecule has 88 valence electrons. The van der Waals surface area contributed by atoms with Crippen molar-refractivity contribution in [2.75, 3.05) is 26.4 Å². The first kappa shape index (κ1) is 12.1. The van der Waals surface area contributed by atoms with E-state index in [2.05, 4.69) is 5.32 Å². The van der Waals surface area contributed by atoms with Crippen molar-refractivity contribution in [1.82, 2.24) is 10.6 Å². The Kier molecular flexibility index (Phi) is 4.22. The van der Waals surface area contributed by atoms with Crippen LogP contribution < -0.4 is 10.6 Å². The predicted molar refractivity (Wildman–Crippen MR) is 47.8 cm³/mol. The molecule has 3 N–H and O–H groups in total. The number of halogens is 2. The van der Waals surface area contributed by atoms with Crippen LogP contribution in [-0.4, -0.2) is 49.5 Å². The maximum absolute atomic E-state index is 12.5. The normalized spacial score (nSPS) is 21.4. The SMILES string of the molecule is O=C(NCC(F)(F)CO)NC1CCOC1. The number of carbonyl (C=O) groups excluding carboxylic acids is 1. The molecule has 0 saturated carbocycles. The van der Waals surface area contributed by atoms with Crippen LogP contribution in [0.1, 0.15) is 6.42 Å². The molecule has 0 spiro atoms. The number of nitrogens with one attached hydrogen (secondary N) is 2. The number of alkyl halides is 2. The summed E-state index contributed by atoms with van der Waals surface area (Å²) in [6.07, 6.45) is 0.684. The lowest BCUT2D eigenvalue weighted by molar-refractivity contribution is -0.0454. The van der Waals surface area contributed by atoms with Gasteiger partial charge >= 0.3 is 6.03 Å². The van der Waals surface area contributed by atoms with E-state index in [9.17, 15) is 13.6 Å². The van der Waals surface area contributed by atoms with Crippen LogP contribution in [0.25, 0.3) is 0 Å². The number of carbonyl (C=O) groups is 1. The van der Waals surface area contributed by atoms with Crippen LogP contribution >= 0.6 is 0 Å². The van der Waals surface area contributed by atoms with Crippen LogP contribution in [-0.2, 0) is 4.74 Å². The molecule has 1 saturated heterocycles. The second-order valence-electron chi connectivity index (χ2n) is 3.40. The molecule has 0 aliphatic carbocycles. The second kappa shape index (κ2) is 5.22. The topological polar surface area (TPSA) is 70.6 Å². The molecule has 2 amide bonds. The van der Waals surface area contributed by atoms with E-state index in [-0.39, 0.29) is 6.04 Å². The van der Waals surface area contributed by atoms with Gasteiger partial charge in [0, 0.05) is 6.61 Å². The Bertz CT molecular complexity index is 220. The lowest BCUT2D eigenvalue weighted by Crippen LogP contribution is -2.47. The molecule has 0 bridgehead atoms. The lowest BCUT2D eigenvalue weighted by Gasteiger charge is -2.16. The molecule has 1 heterocycles. The van der Waals surface area contributed by atoms with E-state index < -0.39 is 25.1 Å². The summed E-state index contributed by atoms with van der Waals surface area (Å²) < 4.78 is 30.0. The fraction of sp³-hybridized carbons (Fsp3) is 0.875. The summed E-state index contributed by atoms with van der Waals surface area (Å²) in [5, 5.41) is 12.7. The van der Waals surface area contributed by atoms with Crippen molar-refractivity contribution in [2.45, 2.75) is 18.4 Å². The first-order valence-corrected chi connectivity index (χ1v) is 4.64. The summed E-state index contributed by atoms with van der Waals surface area (Å²) in [4.78, 5) is 11.1. The van der Waals surface area contributed by atoms with Gasteiger partial charge in [-0.1, -0.05) is 0 Å². The molecule has 0 aromatic heterocycles. The maximum atomic E-state index is 12.5. The van der Waals surface area contributed by atoms with Gasteiger partial charge in [0.1, 0.15) is 6.61 Å². The summed E-state index contributed by atoms with van der Waals surface area (Å²) >= 11 is 0. The van der Waals surface area contributed by atoms with E-state index in [1.165, 1.54) is 0 Å². The third-order valence-electron chi connectivity index (χ3n) is 2.00. The standard InChI is InChI=1S/C8H14F2N2O3/c9-8(10,5-13)4-11-7(14)12-6-1-2-15-3-6/h6,13H,1-5H2,(H2,11,12,14). The minimum atomic E-state index is -3.27. The smallest absolute Gasteiger partial charge is 0.315 e. The number of aliphatic hydroxyl groups excluding tert-OH is 1. The van der Waals surface area contributed by atoms with Gasteiger partial charge in [-0.3, -0.25) is 0 Å². The van der Waals surface area contributed by atoms with Gasteiger partial charge in [-0.25, -0.2) is 13.6 Å². The molecular formula is C8H14F2N2O3. The van der Waals surface area contributed by atoms with Crippen LogP contribution in [0.2, 0.25) is 0 Å². The molecule has 1 atom stereocenters. The zero-order valence-corrected chi connectivity index (χ0v) is 8.13. The zero-order chi connectivity index (χ0) is 11.3. The number of hydrogen-bond donors (Lipinski definition) is 3. The molecule has 1 aliphatic rings. The van der Waals surface area contributed by atoms with Crippen molar-refractivity contribution in [3.63, 3.8) is 0 Å². The van der Waals surface area contributed by atoms with Gasteiger partial charge in [-0.05, 0) is 6.42 Å². The van der Waals surface area contributed by atoms with E-state index in [4.69, 9.17) is 9.84 Å². The van der Waals surface area contributed by atoms with Crippen LogP contribution in [0.15, 0.2) is 0 Å². The minimum Gasteiger partial charge on any atom is -0.390 e. The molecule has 1 aliphatic heterocycles. The average Bonchev–Trinajstić information content (AvgIpc) is 2.68. The van der Waals surface area contributed by atoms with Gasteiger partial charge in [0.05, 0.1) is 19.2 Å². The van der Waals surface area contributed by atoms with Crippen molar-refractivity contribution in [2.24, 2.45) is 0 Å². The van der Waals surface area contributed by atoms with Crippen molar-refractivity contribution >= 4 is 6.03 Å². The van der Waals surface area contributed by atoms with Gasteiger partial charge in [0.2, 0.25) is 0 Å². The third kappa shape index (κ3) is 4.39. The summed E-state index contributed by atoms with van der Waals surface area (Å²) in [5.74, 6) is -3.27. The number of amides is 2. The lowest BCUT2D eigenvalue weighted by atomic mass is 10.3. The molecule has 1 fully saturated rings. The summed E-state index contributed by atoms with van der Waals surface area (Å²) in [5.41, 5.74) is 0. The Labute approximate surface area is 85.8 Å². The fourth-order valence-corrected chi connectivity index (χ4v) is 1.15. The van der Waals surface area contributed by atoms with Crippen LogP contribution in [0.3, 0.4) is 0 Å². The number of rotatable bonds is 4. The highest BCUT2D eigenvalue weighted by molar-refractivity contribution is 5.74. The first-order chi connectivity index (χ1) is 7.03. The Morgan fingerprint density at radius 1 is 1.60 bits per heavy atom.